The van der Waals surface area contributed by atoms with E-state index in [4.69, 9.17) is 0 Å². The Morgan fingerprint density at radius 3 is 2.44 bits per heavy atom. The number of nitrogens with one attached hydrogen (secondary N) is 1. The topological polar surface area (TPSA) is 12.0 Å². The van der Waals surface area contributed by atoms with Crippen LogP contribution in [-0.2, 0) is 6.42 Å². The molecule has 0 aromatic heterocycles. The molecule has 1 aromatic carbocycles. The van der Waals surface area contributed by atoms with E-state index in [2.05, 4.69) is 5.32 Å². The molecule has 1 aliphatic heterocycles. The van der Waals surface area contributed by atoms with Crippen LogP contribution in [0.4, 0.5) is 17.6 Å². The van der Waals surface area contributed by atoms with Gasteiger partial charge in [-0.05, 0) is 43.5 Å². The second-order valence-corrected chi connectivity index (χ2v) is 4.68. The van der Waals surface area contributed by atoms with Crippen LogP contribution in [0.15, 0.2) is 24.3 Å². The average Bonchev–Trinajstić information content (AvgIpc) is 2.31. The molecular weight excluding hydrogens is 246 g/mol. The van der Waals surface area contributed by atoms with Crippen molar-refractivity contribution in [3.8, 4) is 0 Å². The summed E-state index contributed by atoms with van der Waals surface area (Å²) < 4.78 is 51.3. The number of hydrogen-bond donors (Lipinski definition) is 1. The fourth-order valence-corrected chi connectivity index (χ4v) is 2.43. The molecule has 100 valence electrons. The Morgan fingerprint density at radius 1 is 1.17 bits per heavy atom. The van der Waals surface area contributed by atoms with Crippen molar-refractivity contribution in [1.29, 1.82) is 0 Å². The van der Waals surface area contributed by atoms with E-state index in [0.29, 0.717) is 13.0 Å². The van der Waals surface area contributed by atoms with Gasteiger partial charge in [0.2, 0.25) is 0 Å². The molecule has 5 heteroatoms. The summed E-state index contributed by atoms with van der Waals surface area (Å²) >= 11 is 0. The van der Waals surface area contributed by atoms with Gasteiger partial charge in [-0.1, -0.05) is 12.1 Å². The molecule has 2 rings (SSSR count). The third kappa shape index (κ3) is 3.22. The van der Waals surface area contributed by atoms with Crippen LogP contribution < -0.4 is 5.32 Å². The minimum atomic E-state index is -4.17. The standard InChI is InChI=1S/C13H15F4N/c14-10-5-3-9(4-6-10)8-12-11(13(15,16)17)2-1-7-18-12/h3-6,11-12,18H,1-2,7-8H2. The Hall–Kier alpha value is -1.10. The molecule has 1 aromatic rings. The van der Waals surface area contributed by atoms with Crippen LogP contribution in [0.5, 0.6) is 0 Å². The van der Waals surface area contributed by atoms with Crippen molar-refractivity contribution in [2.75, 3.05) is 6.54 Å². The minimum absolute atomic E-state index is 0.169. The molecule has 2 atom stereocenters. The summed E-state index contributed by atoms with van der Waals surface area (Å²) in [5.41, 5.74) is 0.727. The second-order valence-electron chi connectivity index (χ2n) is 4.68. The van der Waals surface area contributed by atoms with Gasteiger partial charge in [0, 0.05) is 6.04 Å². The molecule has 0 radical (unpaired) electrons. The molecule has 1 saturated heterocycles. The van der Waals surface area contributed by atoms with Crippen molar-refractivity contribution in [3.63, 3.8) is 0 Å². The van der Waals surface area contributed by atoms with E-state index in [9.17, 15) is 17.6 Å². The first-order valence-electron chi connectivity index (χ1n) is 6.01. The van der Waals surface area contributed by atoms with Crippen LogP contribution in [0.1, 0.15) is 18.4 Å². The molecule has 0 aliphatic carbocycles. The monoisotopic (exact) mass is 261 g/mol. The van der Waals surface area contributed by atoms with Crippen LogP contribution >= 0.6 is 0 Å². The van der Waals surface area contributed by atoms with Crippen molar-refractivity contribution in [1.82, 2.24) is 5.32 Å². The predicted octanol–water partition coefficient (Wildman–Crippen LogP) is 3.30. The number of benzene rings is 1. The number of rotatable bonds is 2. The number of halogens is 4. The van der Waals surface area contributed by atoms with Crippen molar-refractivity contribution in [2.45, 2.75) is 31.5 Å². The summed E-state index contributed by atoms with van der Waals surface area (Å²) in [6.45, 7) is 0.610. The summed E-state index contributed by atoms with van der Waals surface area (Å²) in [5, 5.41) is 2.93. The number of alkyl halides is 3. The molecule has 1 heterocycles. The third-order valence-electron chi connectivity index (χ3n) is 3.37. The Balaban J connectivity index is 2.08. The largest absolute Gasteiger partial charge is 0.393 e. The predicted molar refractivity (Wildman–Crippen MR) is 60.7 cm³/mol. The van der Waals surface area contributed by atoms with Gasteiger partial charge in [0.05, 0.1) is 5.92 Å². The van der Waals surface area contributed by atoms with Gasteiger partial charge in [-0.15, -0.1) is 0 Å². The Morgan fingerprint density at radius 2 is 1.83 bits per heavy atom. The zero-order chi connectivity index (χ0) is 13.2. The zero-order valence-electron chi connectivity index (χ0n) is 9.80. The first kappa shape index (κ1) is 13.3. The van der Waals surface area contributed by atoms with Gasteiger partial charge in [0.1, 0.15) is 5.82 Å². The summed E-state index contributed by atoms with van der Waals surface area (Å²) in [6.07, 6.45) is -3.17. The summed E-state index contributed by atoms with van der Waals surface area (Å²) in [6, 6.07) is 5.03. The molecule has 1 fully saturated rings. The zero-order valence-corrected chi connectivity index (χ0v) is 9.80. The lowest BCUT2D eigenvalue weighted by molar-refractivity contribution is -0.188. The molecule has 0 amide bonds. The van der Waals surface area contributed by atoms with E-state index in [0.717, 1.165) is 5.56 Å². The molecule has 2 unspecified atom stereocenters. The van der Waals surface area contributed by atoms with E-state index in [1.54, 1.807) is 12.1 Å². The Bertz CT molecular complexity index is 385. The molecule has 1 aliphatic rings. The van der Waals surface area contributed by atoms with Crippen molar-refractivity contribution >= 4 is 0 Å². The lowest BCUT2D eigenvalue weighted by atomic mass is 9.86. The molecule has 1 N–H and O–H groups in total. The van der Waals surface area contributed by atoms with Gasteiger partial charge < -0.3 is 5.32 Å². The highest BCUT2D eigenvalue weighted by Gasteiger charge is 2.45. The summed E-state index contributed by atoms with van der Waals surface area (Å²) in [5.74, 6) is -1.68. The molecular formula is C13H15F4N. The third-order valence-corrected chi connectivity index (χ3v) is 3.37. The van der Waals surface area contributed by atoms with Gasteiger partial charge >= 0.3 is 6.18 Å². The average molecular weight is 261 g/mol. The van der Waals surface area contributed by atoms with Crippen molar-refractivity contribution in [3.05, 3.63) is 35.6 Å². The van der Waals surface area contributed by atoms with Gasteiger partial charge in [0.25, 0.3) is 0 Å². The minimum Gasteiger partial charge on any atom is -0.313 e. The van der Waals surface area contributed by atoms with Crippen LogP contribution in [0.2, 0.25) is 0 Å². The van der Waals surface area contributed by atoms with Gasteiger partial charge in [-0.2, -0.15) is 13.2 Å². The molecule has 0 saturated carbocycles. The van der Waals surface area contributed by atoms with Gasteiger partial charge in [0.15, 0.2) is 0 Å². The maximum Gasteiger partial charge on any atom is 0.393 e. The Labute approximate surface area is 103 Å². The first-order valence-corrected chi connectivity index (χ1v) is 6.01. The molecule has 0 spiro atoms. The van der Waals surface area contributed by atoms with E-state index < -0.39 is 18.1 Å². The molecule has 18 heavy (non-hydrogen) atoms. The van der Waals surface area contributed by atoms with Crippen LogP contribution in [0.25, 0.3) is 0 Å². The van der Waals surface area contributed by atoms with Crippen molar-refractivity contribution in [2.24, 2.45) is 5.92 Å². The summed E-state index contributed by atoms with van der Waals surface area (Å²) in [4.78, 5) is 0. The van der Waals surface area contributed by atoms with E-state index in [1.165, 1.54) is 12.1 Å². The highest BCUT2D eigenvalue weighted by Crippen LogP contribution is 2.35. The fourth-order valence-electron chi connectivity index (χ4n) is 2.43. The van der Waals surface area contributed by atoms with Crippen LogP contribution in [-0.4, -0.2) is 18.8 Å². The molecule has 1 nitrogen and oxygen atoms in total. The van der Waals surface area contributed by atoms with E-state index in [1.807, 2.05) is 0 Å². The number of hydrogen-bond acceptors (Lipinski definition) is 1. The van der Waals surface area contributed by atoms with E-state index in [-0.39, 0.29) is 18.7 Å². The first-order chi connectivity index (χ1) is 8.47. The maximum atomic E-state index is 12.9. The number of piperidine rings is 1. The summed E-state index contributed by atoms with van der Waals surface area (Å²) in [7, 11) is 0. The highest BCUT2D eigenvalue weighted by molar-refractivity contribution is 5.17. The maximum absolute atomic E-state index is 12.9. The van der Waals surface area contributed by atoms with Gasteiger partial charge in [-0.3, -0.25) is 0 Å². The molecule has 0 bridgehead atoms. The van der Waals surface area contributed by atoms with E-state index >= 15 is 0 Å². The fraction of sp³-hybridized carbons (Fsp3) is 0.538. The quantitative estimate of drug-likeness (QED) is 0.805. The lowest BCUT2D eigenvalue weighted by Crippen LogP contribution is -2.48. The lowest BCUT2D eigenvalue weighted by Gasteiger charge is -2.34. The van der Waals surface area contributed by atoms with Crippen molar-refractivity contribution < 1.29 is 17.6 Å². The highest BCUT2D eigenvalue weighted by atomic mass is 19.4. The smallest absolute Gasteiger partial charge is 0.313 e. The Kier molecular flexibility index (Phi) is 3.90. The SMILES string of the molecule is Fc1ccc(CC2NCCCC2C(F)(F)F)cc1. The second kappa shape index (κ2) is 5.26. The van der Waals surface area contributed by atoms with Gasteiger partial charge in [-0.25, -0.2) is 4.39 Å². The van der Waals surface area contributed by atoms with Crippen LogP contribution in [0, 0.1) is 11.7 Å². The van der Waals surface area contributed by atoms with Crippen LogP contribution in [0.3, 0.4) is 0 Å². The normalized spacial score (nSPS) is 25.1.